The van der Waals surface area contributed by atoms with Gasteiger partial charge in [0.15, 0.2) is 0 Å². The van der Waals surface area contributed by atoms with Crippen LogP contribution in [-0.4, -0.2) is 44.8 Å². The van der Waals surface area contributed by atoms with E-state index in [0.29, 0.717) is 17.0 Å². The van der Waals surface area contributed by atoms with Crippen molar-refractivity contribution < 1.29 is 15.0 Å². The highest BCUT2D eigenvalue weighted by atomic mass is 16.3. The number of carbonyl (C=O) groups is 1. The molecule has 1 fully saturated rings. The molecule has 0 aliphatic heterocycles. The summed E-state index contributed by atoms with van der Waals surface area (Å²) in [6, 6.07) is 14.5. The Hall–Kier alpha value is -3.03. The Bertz CT molecular complexity index is 1000. The van der Waals surface area contributed by atoms with Crippen LogP contribution in [0.3, 0.4) is 0 Å². The number of anilines is 1. The summed E-state index contributed by atoms with van der Waals surface area (Å²) in [5.74, 6) is 0.180. The molecule has 1 aliphatic carbocycles. The van der Waals surface area contributed by atoms with E-state index in [1.165, 1.54) is 0 Å². The van der Waals surface area contributed by atoms with Crippen LogP contribution in [0.2, 0.25) is 0 Å². The van der Waals surface area contributed by atoms with Crippen molar-refractivity contribution in [2.45, 2.75) is 43.9 Å². The first-order valence-electron chi connectivity index (χ1n) is 10.3. The van der Waals surface area contributed by atoms with Crippen LogP contribution in [0.15, 0.2) is 54.7 Å². The molecule has 1 aliphatic rings. The number of hydrogen-bond donors (Lipinski definition) is 4. The summed E-state index contributed by atoms with van der Waals surface area (Å²) < 4.78 is 0. The topological polar surface area (TPSA) is 107 Å². The molecule has 0 unspecified atom stereocenters. The standard InChI is InChI=1S/C23H26N4O3/c28-14-20(15-5-2-1-3-6-15)26-22(30)19-8-4-7-16-13-24-23(27-21(16)19)25-17-9-11-18(29)12-10-17/h1-8,13,17-18,20,28-29H,9-12,14H2,(H,26,30)(H,24,25,27)/t17?,18?,20-/m0/s1. The lowest BCUT2D eigenvalue weighted by Crippen LogP contribution is -2.31. The van der Waals surface area contributed by atoms with Crippen LogP contribution in [0.4, 0.5) is 5.95 Å². The molecule has 156 valence electrons. The lowest BCUT2D eigenvalue weighted by molar-refractivity contribution is 0.0917. The summed E-state index contributed by atoms with van der Waals surface area (Å²) in [5.41, 5.74) is 1.84. The van der Waals surface area contributed by atoms with E-state index in [-0.39, 0.29) is 24.7 Å². The lowest BCUT2D eigenvalue weighted by Gasteiger charge is -2.26. The molecule has 2 aromatic carbocycles. The monoisotopic (exact) mass is 406 g/mol. The Labute approximate surface area is 175 Å². The summed E-state index contributed by atoms with van der Waals surface area (Å²) in [6.45, 7) is -0.199. The maximum atomic E-state index is 13.0. The van der Waals surface area contributed by atoms with Crippen LogP contribution < -0.4 is 10.6 Å². The van der Waals surface area contributed by atoms with Gasteiger partial charge in [0.1, 0.15) is 0 Å². The molecule has 1 heterocycles. The van der Waals surface area contributed by atoms with Crippen molar-refractivity contribution in [3.05, 3.63) is 65.9 Å². The molecule has 30 heavy (non-hydrogen) atoms. The van der Waals surface area contributed by atoms with Crippen LogP contribution in [0.1, 0.15) is 47.6 Å². The average Bonchev–Trinajstić information content (AvgIpc) is 2.79. The SMILES string of the molecule is O=C(N[C@@H](CO)c1ccccc1)c1cccc2cnc(NC3CCC(O)CC3)nc12. The summed E-state index contributed by atoms with van der Waals surface area (Å²) >= 11 is 0. The molecular weight excluding hydrogens is 380 g/mol. The summed E-state index contributed by atoms with van der Waals surface area (Å²) in [4.78, 5) is 22.0. The normalized spacial score (nSPS) is 19.9. The van der Waals surface area contributed by atoms with Gasteiger partial charge in [0.2, 0.25) is 5.95 Å². The first kappa shape index (κ1) is 20.3. The number of aromatic nitrogens is 2. The number of nitrogens with one attached hydrogen (secondary N) is 2. The Kier molecular flexibility index (Phi) is 6.21. The van der Waals surface area contributed by atoms with Crippen molar-refractivity contribution >= 4 is 22.8 Å². The van der Waals surface area contributed by atoms with Crippen molar-refractivity contribution in [1.29, 1.82) is 0 Å². The second kappa shape index (κ2) is 9.19. The van der Waals surface area contributed by atoms with Gasteiger partial charge in [-0.05, 0) is 37.3 Å². The smallest absolute Gasteiger partial charge is 0.254 e. The van der Waals surface area contributed by atoms with Crippen LogP contribution >= 0.6 is 0 Å². The molecule has 0 radical (unpaired) electrons. The minimum atomic E-state index is -0.498. The molecule has 7 nitrogen and oxygen atoms in total. The number of benzene rings is 2. The van der Waals surface area contributed by atoms with E-state index in [1.54, 1.807) is 18.3 Å². The first-order chi connectivity index (χ1) is 14.6. The number of fused-ring (bicyclic) bond motifs is 1. The molecule has 1 aromatic heterocycles. The van der Waals surface area contributed by atoms with Gasteiger partial charge < -0.3 is 20.8 Å². The highest BCUT2D eigenvalue weighted by molar-refractivity contribution is 6.05. The number of para-hydroxylation sites is 1. The predicted molar refractivity (Wildman–Crippen MR) is 115 cm³/mol. The minimum Gasteiger partial charge on any atom is -0.394 e. The van der Waals surface area contributed by atoms with Gasteiger partial charge >= 0.3 is 0 Å². The van der Waals surface area contributed by atoms with Crippen molar-refractivity contribution in [2.24, 2.45) is 0 Å². The number of nitrogens with zero attached hydrogens (tertiary/aromatic N) is 2. The summed E-state index contributed by atoms with van der Waals surface area (Å²) in [5, 5.41) is 26.5. The number of carbonyl (C=O) groups excluding carboxylic acids is 1. The molecule has 0 spiro atoms. The number of aliphatic hydroxyl groups excluding tert-OH is 2. The van der Waals surface area contributed by atoms with E-state index in [2.05, 4.69) is 20.6 Å². The van der Waals surface area contributed by atoms with Crippen LogP contribution in [-0.2, 0) is 0 Å². The Morgan fingerprint density at radius 3 is 2.57 bits per heavy atom. The number of rotatable bonds is 6. The third-order valence-corrected chi connectivity index (χ3v) is 5.58. The van der Waals surface area contributed by atoms with Gasteiger partial charge in [-0.15, -0.1) is 0 Å². The molecular formula is C23H26N4O3. The van der Waals surface area contributed by atoms with Crippen molar-refractivity contribution in [3.63, 3.8) is 0 Å². The zero-order valence-electron chi connectivity index (χ0n) is 16.7. The fourth-order valence-corrected chi connectivity index (χ4v) is 3.87. The fourth-order valence-electron chi connectivity index (χ4n) is 3.87. The van der Waals surface area contributed by atoms with Gasteiger partial charge in [-0.25, -0.2) is 9.97 Å². The molecule has 0 saturated heterocycles. The highest BCUT2D eigenvalue weighted by Crippen LogP contribution is 2.23. The van der Waals surface area contributed by atoms with Crippen LogP contribution in [0.5, 0.6) is 0 Å². The lowest BCUT2D eigenvalue weighted by atomic mass is 9.93. The zero-order valence-corrected chi connectivity index (χ0v) is 16.7. The Morgan fingerprint density at radius 1 is 1.07 bits per heavy atom. The quantitative estimate of drug-likeness (QED) is 0.501. The third kappa shape index (κ3) is 4.58. The number of aliphatic hydroxyl groups is 2. The molecule has 1 atom stereocenters. The van der Waals surface area contributed by atoms with E-state index in [4.69, 9.17) is 0 Å². The van der Waals surface area contributed by atoms with Gasteiger partial charge in [0.25, 0.3) is 5.91 Å². The van der Waals surface area contributed by atoms with E-state index in [1.807, 2.05) is 36.4 Å². The molecule has 3 aromatic rings. The van der Waals surface area contributed by atoms with E-state index in [9.17, 15) is 15.0 Å². The molecule has 0 bridgehead atoms. The van der Waals surface area contributed by atoms with Crippen molar-refractivity contribution in [3.8, 4) is 0 Å². The summed E-state index contributed by atoms with van der Waals surface area (Å²) in [6.07, 6.45) is 4.74. The van der Waals surface area contributed by atoms with Gasteiger partial charge in [0, 0.05) is 17.6 Å². The third-order valence-electron chi connectivity index (χ3n) is 5.58. The van der Waals surface area contributed by atoms with Crippen molar-refractivity contribution in [1.82, 2.24) is 15.3 Å². The van der Waals surface area contributed by atoms with Crippen molar-refractivity contribution in [2.75, 3.05) is 11.9 Å². The van der Waals surface area contributed by atoms with Gasteiger partial charge in [0.05, 0.1) is 29.8 Å². The zero-order chi connectivity index (χ0) is 20.9. The maximum absolute atomic E-state index is 13.0. The highest BCUT2D eigenvalue weighted by Gasteiger charge is 2.21. The van der Waals surface area contributed by atoms with Gasteiger partial charge in [-0.3, -0.25) is 4.79 Å². The van der Waals surface area contributed by atoms with E-state index < -0.39 is 6.04 Å². The van der Waals surface area contributed by atoms with Gasteiger partial charge in [-0.1, -0.05) is 42.5 Å². The second-order valence-corrected chi connectivity index (χ2v) is 7.71. The van der Waals surface area contributed by atoms with Gasteiger partial charge in [-0.2, -0.15) is 0 Å². The molecule has 4 rings (SSSR count). The number of amides is 1. The predicted octanol–water partition coefficient (Wildman–Crippen LogP) is 2.81. The fraction of sp³-hybridized carbons (Fsp3) is 0.348. The van der Waals surface area contributed by atoms with Crippen LogP contribution in [0.25, 0.3) is 10.9 Å². The minimum absolute atomic E-state index is 0.199. The largest absolute Gasteiger partial charge is 0.394 e. The molecule has 1 saturated carbocycles. The molecule has 7 heteroatoms. The van der Waals surface area contributed by atoms with Crippen LogP contribution in [0, 0.1) is 0 Å². The first-order valence-corrected chi connectivity index (χ1v) is 10.3. The molecule has 4 N–H and O–H groups in total. The van der Waals surface area contributed by atoms with E-state index >= 15 is 0 Å². The Morgan fingerprint density at radius 2 is 1.83 bits per heavy atom. The maximum Gasteiger partial charge on any atom is 0.254 e. The summed E-state index contributed by atoms with van der Waals surface area (Å²) in [7, 11) is 0. The molecule has 1 amide bonds. The Balaban J connectivity index is 1.56. The number of hydrogen-bond acceptors (Lipinski definition) is 6. The average molecular weight is 406 g/mol. The second-order valence-electron chi connectivity index (χ2n) is 7.71. The van der Waals surface area contributed by atoms with E-state index in [0.717, 1.165) is 36.6 Å².